The maximum absolute atomic E-state index is 14.4. The first-order valence-corrected chi connectivity index (χ1v) is 17.6. The van der Waals surface area contributed by atoms with E-state index in [0.29, 0.717) is 35.0 Å². The van der Waals surface area contributed by atoms with E-state index in [1.165, 1.54) is 36.0 Å². The Morgan fingerprint density at radius 1 is 0.882 bits per heavy atom. The third kappa shape index (κ3) is 9.33. The predicted molar refractivity (Wildman–Crippen MR) is 188 cm³/mol. The Bertz CT molecular complexity index is 2000. The molecule has 13 heteroatoms. The number of nitrogens with zero attached hydrogens (tertiary/aromatic N) is 6. The molecule has 0 bridgehead atoms. The van der Waals surface area contributed by atoms with E-state index in [0.717, 1.165) is 60.3 Å². The van der Waals surface area contributed by atoms with Gasteiger partial charge in [-0.2, -0.15) is 23.3 Å². The van der Waals surface area contributed by atoms with Crippen molar-refractivity contribution in [3.05, 3.63) is 135 Å². The zero-order chi connectivity index (χ0) is 36.1. The lowest BCUT2D eigenvalue weighted by Crippen LogP contribution is -2.47. The molecule has 5 aromatic rings. The number of hydrogen-bond donors (Lipinski definition) is 0. The molecule has 2 aromatic heterocycles. The van der Waals surface area contributed by atoms with E-state index < -0.39 is 11.7 Å². The second-order valence-corrected chi connectivity index (χ2v) is 13.9. The number of piperidine rings is 1. The molecule has 0 spiro atoms. The van der Waals surface area contributed by atoms with Gasteiger partial charge >= 0.3 is 6.18 Å². The molecule has 0 saturated carbocycles. The fourth-order valence-electron chi connectivity index (χ4n) is 6.20. The number of hydrogen-bond acceptors (Lipinski definition) is 6. The third-order valence-electron chi connectivity index (χ3n) is 9.07. The van der Waals surface area contributed by atoms with Gasteiger partial charge in [0.15, 0.2) is 5.16 Å². The van der Waals surface area contributed by atoms with Gasteiger partial charge in [0.2, 0.25) is 5.91 Å². The van der Waals surface area contributed by atoms with Crippen LogP contribution in [0.1, 0.15) is 40.7 Å². The highest BCUT2D eigenvalue weighted by Gasteiger charge is 2.30. The highest BCUT2D eigenvalue weighted by atomic mass is 32.2. The lowest BCUT2D eigenvalue weighted by Gasteiger charge is -2.37. The molecular formula is C38H38F4N6O2S. The normalized spacial score (nSPS) is 14.2. The van der Waals surface area contributed by atoms with Gasteiger partial charge in [0, 0.05) is 49.8 Å². The minimum Gasteiger partial charge on any atom is -0.334 e. The molecule has 0 N–H and O–H groups in total. The van der Waals surface area contributed by atoms with Crippen LogP contribution in [0, 0.1) is 5.82 Å². The van der Waals surface area contributed by atoms with Crippen molar-refractivity contribution in [2.45, 2.75) is 55.5 Å². The first-order valence-electron chi connectivity index (χ1n) is 16.6. The Kier molecular flexibility index (Phi) is 11.1. The number of aryl methyl sites for hydroxylation is 1. The molecule has 1 saturated heterocycles. The lowest BCUT2D eigenvalue weighted by atomic mass is 10.0. The Hall–Kier alpha value is -4.75. The van der Waals surface area contributed by atoms with Gasteiger partial charge in [-0.3, -0.25) is 14.3 Å². The summed E-state index contributed by atoms with van der Waals surface area (Å²) in [5.74, 6) is -0.0440. The minimum absolute atomic E-state index is 0.0131. The summed E-state index contributed by atoms with van der Waals surface area (Å²) < 4.78 is 56.2. The lowest BCUT2D eigenvalue weighted by molar-refractivity contribution is -0.137. The number of carbonyl (C=O) groups is 1. The average Bonchev–Trinajstić information content (AvgIpc) is 3.53. The number of aromatic nitrogens is 4. The smallest absolute Gasteiger partial charge is 0.334 e. The molecule has 51 heavy (non-hydrogen) atoms. The first kappa shape index (κ1) is 36.1. The van der Waals surface area contributed by atoms with Crippen molar-refractivity contribution in [3.8, 4) is 11.1 Å². The van der Waals surface area contributed by atoms with E-state index in [9.17, 15) is 27.2 Å². The summed E-state index contributed by atoms with van der Waals surface area (Å²) in [5.41, 5.74) is 3.36. The zero-order valence-corrected chi connectivity index (χ0v) is 29.1. The van der Waals surface area contributed by atoms with Crippen LogP contribution in [0.2, 0.25) is 0 Å². The van der Waals surface area contributed by atoms with Gasteiger partial charge in [-0.1, -0.05) is 60.3 Å². The molecule has 0 aliphatic carbocycles. The number of likely N-dealkylation sites (tertiary alicyclic amines) is 1. The monoisotopic (exact) mass is 718 g/mol. The zero-order valence-electron chi connectivity index (χ0n) is 28.3. The first-order chi connectivity index (χ1) is 24.4. The van der Waals surface area contributed by atoms with Gasteiger partial charge in [-0.25, -0.2) is 4.39 Å². The fourth-order valence-corrected chi connectivity index (χ4v) is 7.12. The number of carbonyl (C=O) groups excluding carboxylic acids is 1. The molecule has 1 amide bonds. The molecule has 3 aromatic carbocycles. The van der Waals surface area contributed by atoms with Crippen molar-refractivity contribution in [2.24, 2.45) is 7.05 Å². The molecule has 8 nitrogen and oxygen atoms in total. The standard InChI is InChI=1S/C38H38F4N6O2S/c1-45-17-15-34(16-18-45)48(22-26-3-7-29(8-4-26)30-9-11-32(12-10-30)38(40,41)42)35(49)24-47-23-31(19-28-20-43-46(2)21-28)36(50)44-37(47)51-25-27-5-13-33(39)14-6-27/h3-14,20-21,23,34H,15-19,22,24-25H2,1-2H3. The maximum Gasteiger partial charge on any atom is 0.416 e. The molecule has 0 atom stereocenters. The number of benzene rings is 3. The second kappa shape index (κ2) is 15.6. The minimum atomic E-state index is -4.40. The molecule has 1 fully saturated rings. The van der Waals surface area contributed by atoms with Gasteiger partial charge in [-0.05, 0) is 85.1 Å². The summed E-state index contributed by atoms with van der Waals surface area (Å²) in [4.78, 5) is 36.1. The summed E-state index contributed by atoms with van der Waals surface area (Å²) in [7, 11) is 3.86. The molecule has 266 valence electrons. The summed E-state index contributed by atoms with van der Waals surface area (Å²) >= 11 is 1.31. The number of halogens is 4. The number of thioether (sulfide) groups is 1. The number of alkyl halides is 3. The highest BCUT2D eigenvalue weighted by molar-refractivity contribution is 7.98. The maximum atomic E-state index is 14.4. The van der Waals surface area contributed by atoms with E-state index >= 15 is 0 Å². The Balaban J connectivity index is 1.26. The van der Waals surface area contributed by atoms with Crippen LogP contribution in [-0.4, -0.2) is 61.2 Å². The highest BCUT2D eigenvalue weighted by Crippen LogP contribution is 2.31. The van der Waals surface area contributed by atoms with Crippen LogP contribution in [-0.2, 0) is 43.3 Å². The van der Waals surface area contributed by atoms with Crippen LogP contribution in [0.25, 0.3) is 11.1 Å². The van der Waals surface area contributed by atoms with Crippen LogP contribution in [0.15, 0.2) is 101 Å². The van der Waals surface area contributed by atoms with Gasteiger partial charge in [-0.15, -0.1) is 0 Å². The van der Waals surface area contributed by atoms with Crippen molar-refractivity contribution in [2.75, 3.05) is 20.1 Å². The SMILES string of the molecule is CN1CCC(N(Cc2ccc(-c3ccc(C(F)(F)F)cc3)cc2)C(=O)Cn2cc(Cc3cnn(C)c3)c(=O)nc2SCc2ccc(F)cc2)CC1. The third-order valence-corrected chi connectivity index (χ3v) is 10.1. The van der Waals surface area contributed by atoms with Crippen molar-refractivity contribution < 1.29 is 22.4 Å². The fraction of sp³-hybridized carbons (Fsp3) is 0.316. The molecule has 1 aliphatic rings. The molecule has 0 unspecified atom stereocenters. The predicted octanol–water partition coefficient (Wildman–Crippen LogP) is 6.81. The van der Waals surface area contributed by atoms with Crippen molar-refractivity contribution in [1.82, 2.24) is 29.1 Å². The molecule has 6 rings (SSSR count). The summed E-state index contributed by atoms with van der Waals surface area (Å²) in [5, 5.41) is 4.59. The Labute approximate surface area is 297 Å². The van der Waals surface area contributed by atoms with E-state index in [1.54, 1.807) is 40.8 Å². The van der Waals surface area contributed by atoms with Crippen LogP contribution in [0.3, 0.4) is 0 Å². The van der Waals surface area contributed by atoms with Gasteiger partial charge in [0.25, 0.3) is 5.56 Å². The topological polar surface area (TPSA) is 76.3 Å². The summed E-state index contributed by atoms with van der Waals surface area (Å²) in [6.07, 6.45) is 2.73. The van der Waals surface area contributed by atoms with Crippen LogP contribution in [0.4, 0.5) is 17.6 Å². The molecular weight excluding hydrogens is 681 g/mol. The number of rotatable bonds is 11. The van der Waals surface area contributed by atoms with E-state index in [4.69, 9.17) is 0 Å². The van der Waals surface area contributed by atoms with E-state index in [2.05, 4.69) is 22.0 Å². The van der Waals surface area contributed by atoms with Crippen LogP contribution >= 0.6 is 11.8 Å². The Morgan fingerprint density at radius 3 is 2.12 bits per heavy atom. The molecule has 1 aliphatic heterocycles. The average molecular weight is 719 g/mol. The summed E-state index contributed by atoms with van der Waals surface area (Å²) in [6, 6.07) is 18.7. The molecule has 0 radical (unpaired) electrons. The van der Waals surface area contributed by atoms with E-state index in [-0.39, 0.29) is 29.9 Å². The Morgan fingerprint density at radius 2 is 1.51 bits per heavy atom. The van der Waals surface area contributed by atoms with Crippen molar-refractivity contribution in [3.63, 3.8) is 0 Å². The van der Waals surface area contributed by atoms with Gasteiger partial charge in [0.1, 0.15) is 12.4 Å². The largest absolute Gasteiger partial charge is 0.416 e. The quantitative estimate of drug-likeness (QED) is 0.0850. The van der Waals surface area contributed by atoms with Crippen molar-refractivity contribution >= 4 is 17.7 Å². The van der Waals surface area contributed by atoms with Crippen LogP contribution in [0.5, 0.6) is 0 Å². The van der Waals surface area contributed by atoms with Crippen LogP contribution < -0.4 is 5.56 Å². The number of amides is 1. The molecule has 3 heterocycles. The summed E-state index contributed by atoms with van der Waals surface area (Å²) in [6.45, 7) is 1.98. The van der Waals surface area contributed by atoms with Gasteiger partial charge < -0.3 is 14.4 Å². The second-order valence-electron chi connectivity index (χ2n) is 12.9. The van der Waals surface area contributed by atoms with E-state index in [1.807, 2.05) is 35.4 Å². The van der Waals surface area contributed by atoms with Gasteiger partial charge in [0.05, 0.1) is 11.8 Å². The van der Waals surface area contributed by atoms with Crippen molar-refractivity contribution in [1.29, 1.82) is 0 Å².